The Labute approximate surface area is 144 Å². The van der Waals surface area contributed by atoms with Crippen LogP contribution in [0.1, 0.15) is 26.0 Å². The highest BCUT2D eigenvalue weighted by Gasteiger charge is 2.44. The van der Waals surface area contributed by atoms with E-state index in [9.17, 15) is 20.4 Å². The van der Waals surface area contributed by atoms with Gasteiger partial charge in [0.1, 0.15) is 24.6 Å². The van der Waals surface area contributed by atoms with Gasteiger partial charge in [-0.1, -0.05) is 13.3 Å². The lowest BCUT2D eigenvalue weighted by Gasteiger charge is -2.17. The summed E-state index contributed by atoms with van der Waals surface area (Å²) in [5.74, 6) is 0.475. The number of fused-ring (bicyclic) bond motifs is 1. The van der Waals surface area contributed by atoms with Gasteiger partial charge in [0.15, 0.2) is 23.2 Å². The summed E-state index contributed by atoms with van der Waals surface area (Å²) in [4.78, 5) is 12.6. The van der Waals surface area contributed by atoms with Gasteiger partial charge in [0, 0.05) is 0 Å². The normalized spacial score (nSPS) is 27.7. The molecule has 0 amide bonds. The van der Waals surface area contributed by atoms with Crippen molar-refractivity contribution in [2.45, 2.75) is 50.3 Å². The molecule has 0 aliphatic carbocycles. The maximum Gasteiger partial charge on any atom is 0.167 e. The molecule has 1 aliphatic rings. The SMILES string of the molecule is CCC[C@@H](CO)Nc1ncnc2c1ncn2C1OC(CO)C(O)C1O. The van der Waals surface area contributed by atoms with Crippen molar-refractivity contribution in [3.63, 3.8) is 0 Å². The Hall–Kier alpha value is -1.85. The lowest BCUT2D eigenvalue weighted by atomic mass is 10.1. The van der Waals surface area contributed by atoms with E-state index in [1.807, 2.05) is 6.92 Å². The highest BCUT2D eigenvalue weighted by Crippen LogP contribution is 2.32. The highest BCUT2D eigenvalue weighted by molar-refractivity contribution is 5.82. The first-order valence-electron chi connectivity index (χ1n) is 8.28. The van der Waals surface area contributed by atoms with Gasteiger partial charge in [0.2, 0.25) is 0 Å². The number of aliphatic hydroxyl groups is 4. The molecule has 2 aromatic rings. The number of imidazole rings is 1. The molecule has 1 aliphatic heterocycles. The maximum absolute atomic E-state index is 10.2. The third kappa shape index (κ3) is 3.31. The molecule has 4 unspecified atom stereocenters. The third-order valence-electron chi connectivity index (χ3n) is 4.35. The first-order valence-corrected chi connectivity index (χ1v) is 8.28. The van der Waals surface area contributed by atoms with E-state index in [0.29, 0.717) is 17.0 Å². The molecule has 10 heteroatoms. The van der Waals surface area contributed by atoms with Crippen LogP contribution in [0.25, 0.3) is 11.2 Å². The lowest BCUT2D eigenvalue weighted by Crippen LogP contribution is -2.33. The molecule has 0 bridgehead atoms. The number of ether oxygens (including phenoxy) is 1. The first-order chi connectivity index (χ1) is 12.1. The quantitative estimate of drug-likeness (QED) is 0.423. The number of nitrogens with one attached hydrogen (secondary N) is 1. The van der Waals surface area contributed by atoms with Gasteiger partial charge in [-0.3, -0.25) is 4.57 Å². The summed E-state index contributed by atoms with van der Waals surface area (Å²) in [5.41, 5.74) is 0.885. The van der Waals surface area contributed by atoms with Crippen molar-refractivity contribution < 1.29 is 25.2 Å². The summed E-state index contributed by atoms with van der Waals surface area (Å²) < 4.78 is 7.02. The van der Waals surface area contributed by atoms with Gasteiger partial charge >= 0.3 is 0 Å². The molecule has 1 saturated heterocycles. The molecule has 0 aromatic carbocycles. The molecule has 1 fully saturated rings. The summed E-state index contributed by atoms with van der Waals surface area (Å²) in [6.45, 7) is 1.59. The Morgan fingerprint density at radius 2 is 2.04 bits per heavy atom. The molecule has 0 saturated carbocycles. The van der Waals surface area contributed by atoms with Crippen molar-refractivity contribution >= 4 is 17.0 Å². The van der Waals surface area contributed by atoms with E-state index in [0.717, 1.165) is 12.8 Å². The van der Waals surface area contributed by atoms with Crippen LogP contribution in [0.2, 0.25) is 0 Å². The van der Waals surface area contributed by atoms with E-state index < -0.39 is 31.1 Å². The zero-order valence-electron chi connectivity index (χ0n) is 13.9. The van der Waals surface area contributed by atoms with Gasteiger partial charge in [0.25, 0.3) is 0 Å². The minimum atomic E-state index is -1.22. The molecular formula is C15H23N5O5. The first kappa shape index (κ1) is 18.0. The van der Waals surface area contributed by atoms with Crippen molar-refractivity contribution in [3.05, 3.63) is 12.7 Å². The van der Waals surface area contributed by atoms with Crippen LogP contribution in [-0.4, -0.2) is 77.5 Å². The summed E-state index contributed by atoms with van der Waals surface area (Å²) >= 11 is 0. The van der Waals surface area contributed by atoms with Crippen LogP contribution in [-0.2, 0) is 4.74 Å². The van der Waals surface area contributed by atoms with E-state index in [1.54, 1.807) is 0 Å². The Balaban J connectivity index is 1.91. The molecular weight excluding hydrogens is 330 g/mol. The Kier molecular flexibility index (Phi) is 5.45. The van der Waals surface area contributed by atoms with Crippen LogP contribution in [0.5, 0.6) is 0 Å². The average Bonchev–Trinajstić information content (AvgIpc) is 3.17. The van der Waals surface area contributed by atoms with Gasteiger partial charge in [-0.05, 0) is 6.42 Å². The van der Waals surface area contributed by atoms with E-state index in [4.69, 9.17) is 4.74 Å². The van der Waals surface area contributed by atoms with Crippen molar-refractivity contribution in [2.24, 2.45) is 0 Å². The molecule has 3 rings (SSSR count). The van der Waals surface area contributed by atoms with Crippen molar-refractivity contribution in [2.75, 3.05) is 18.5 Å². The van der Waals surface area contributed by atoms with Gasteiger partial charge in [-0.2, -0.15) is 0 Å². The van der Waals surface area contributed by atoms with Gasteiger partial charge in [-0.15, -0.1) is 0 Å². The van der Waals surface area contributed by atoms with Crippen LogP contribution < -0.4 is 5.32 Å². The summed E-state index contributed by atoms with van der Waals surface area (Å²) in [7, 11) is 0. The summed E-state index contributed by atoms with van der Waals surface area (Å²) in [6.07, 6.45) is 0.273. The van der Waals surface area contributed by atoms with Gasteiger partial charge in [-0.25, -0.2) is 15.0 Å². The number of hydrogen-bond donors (Lipinski definition) is 5. The van der Waals surface area contributed by atoms with Crippen LogP contribution in [0.3, 0.4) is 0 Å². The maximum atomic E-state index is 10.2. The van der Waals surface area contributed by atoms with E-state index in [1.165, 1.54) is 17.2 Å². The third-order valence-corrected chi connectivity index (χ3v) is 4.35. The summed E-state index contributed by atoms with van der Waals surface area (Å²) in [5, 5.41) is 41.9. The summed E-state index contributed by atoms with van der Waals surface area (Å²) in [6, 6.07) is -0.151. The topological polar surface area (TPSA) is 146 Å². The Morgan fingerprint density at radius 3 is 2.68 bits per heavy atom. The van der Waals surface area contributed by atoms with E-state index >= 15 is 0 Å². The number of aliphatic hydroxyl groups excluding tert-OH is 4. The molecule has 25 heavy (non-hydrogen) atoms. The highest BCUT2D eigenvalue weighted by atomic mass is 16.6. The smallest absolute Gasteiger partial charge is 0.167 e. The van der Waals surface area contributed by atoms with E-state index in [-0.39, 0.29) is 12.6 Å². The van der Waals surface area contributed by atoms with Crippen LogP contribution in [0.15, 0.2) is 12.7 Å². The monoisotopic (exact) mass is 353 g/mol. The van der Waals surface area contributed by atoms with Gasteiger partial charge < -0.3 is 30.5 Å². The van der Waals surface area contributed by atoms with Gasteiger partial charge in [0.05, 0.1) is 25.6 Å². The molecule has 0 spiro atoms. The largest absolute Gasteiger partial charge is 0.394 e. The standard InChI is InChI=1S/C15H23N5O5/c1-2-3-8(4-21)19-13-10-14(17-6-16-13)20(7-18-10)15-12(24)11(23)9(5-22)25-15/h6-9,11-12,15,21-24H,2-5H2,1H3,(H,16,17,19)/t8-,9?,11?,12?,15?/m0/s1. The fourth-order valence-corrected chi connectivity index (χ4v) is 3.00. The fourth-order valence-electron chi connectivity index (χ4n) is 3.00. The number of rotatable bonds is 7. The second-order valence-electron chi connectivity index (χ2n) is 6.09. The fraction of sp³-hybridized carbons (Fsp3) is 0.667. The van der Waals surface area contributed by atoms with Crippen molar-refractivity contribution in [1.29, 1.82) is 0 Å². The van der Waals surface area contributed by atoms with Crippen LogP contribution in [0.4, 0.5) is 5.82 Å². The molecule has 5 atom stereocenters. The average molecular weight is 353 g/mol. The lowest BCUT2D eigenvalue weighted by molar-refractivity contribution is -0.0511. The predicted octanol–water partition coefficient (Wildman–Crippen LogP) is -0.989. The molecule has 138 valence electrons. The minimum absolute atomic E-state index is 0.0329. The van der Waals surface area contributed by atoms with Crippen LogP contribution in [0, 0.1) is 0 Å². The second-order valence-corrected chi connectivity index (χ2v) is 6.09. The zero-order chi connectivity index (χ0) is 18.0. The minimum Gasteiger partial charge on any atom is -0.394 e. The Bertz CT molecular complexity index is 711. The van der Waals surface area contributed by atoms with Crippen LogP contribution >= 0.6 is 0 Å². The number of anilines is 1. The molecule has 10 nitrogen and oxygen atoms in total. The zero-order valence-corrected chi connectivity index (χ0v) is 13.9. The Morgan fingerprint density at radius 1 is 1.24 bits per heavy atom. The molecule has 0 radical (unpaired) electrons. The number of hydrogen-bond acceptors (Lipinski definition) is 9. The molecule has 3 heterocycles. The van der Waals surface area contributed by atoms with Crippen molar-refractivity contribution in [3.8, 4) is 0 Å². The number of aromatic nitrogens is 4. The number of nitrogens with zero attached hydrogens (tertiary/aromatic N) is 4. The second kappa shape index (κ2) is 7.58. The predicted molar refractivity (Wildman–Crippen MR) is 87.7 cm³/mol. The van der Waals surface area contributed by atoms with E-state index in [2.05, 4.69) is 20.3 Å². The molecule has 2 aromatic heterocycles. The van der Waals surface area contributed by atoms with Crippen molar-refractivity contribution in [1.82, 2.24) is 19.5 Å². The molecule has 5 N–H and O–H groups in total.